The lowest BCUT2D eigenvalue weighted by Gasteiger charge is -2.14. The number of ether oxygens (including phenoxy) is 3. The van der Waals surface area contributed by atoms with Gasteiger partial charge in [0.1, 0.15) is 24.3 Å². The third-order valence-electron chi connectivity index (χ3n) is 4.45. The molecule has 146 valence electrons. The van der Waals surface area contributed by atoms with E-state index in [1.165, 1.54) is 5.56 Å². The molecule has 1 aliphatic rings. The third kappa shape index (κ3) is 4.62. The Morgan fingerprint density at radius 3 is 2.89 bits per heavy atom. The van der Waals surface area contributed by atoms with Gasteiger partial charge in [0.2, 0.25) is 6.79 Å². The second-order valence-corrected chi connectivity index (χ2v) is 6.57. The summed E-state index contributed by atoms with van der Waals surface area (Å²) < 4.78 is 18.3. The van der Waals surface area contributed by atoms with Crippen LogP contribution < -0.4 is 19.5 Å². The number of rotatable bonds is 9. The van der Waals surface area contributed by atoms with Crippen molar-refractivity contribution in [1.82, 2.24) is 14.9 Å². The fraction of sp³-hybridized carbons (Fsp3) is 0.286. The molecule has 1 unspecified atom stereocenters. The first-order chi connectivity index (χ1) is 13.8. The fourth-order valence-corrected chi connectivity index (χ4v) is 3.00. The molecule has 2 aromatic carbocycles. The van der Waals surface area contributed by atoms with Crippen LogP contribution in [0.2, 0.25) is 0 Å². The van der Waals surface area contributed by atoms with Gasteiger partial charge < -0.3 is 29.2 Å². The van der Waals surface area contributed by atoms with Gasteiger partial charge in [0.25, 0.3) is 0 Å². The van der Waals surface area contributed by atoms with Gasteiger partial charge in [0.05, 0.1) is 6.54 Å². The van der Waals surface area contributed by atoms with Crippen LogP contribution in [0.3, 0.4) is 0 Å². The van der Waals surface area contributed by atoms with E-state index in [9.17, 15) is 5.11 Å². The quantitative estimate of drug-likeness (QED) is 0.592. The lowest BCUT2D eigenvalue weighted by Crippen LogP contribution is -2.31. The van der Waals surface area contributed by atoms with Crippen molar-refractivity contribution in [3.63, 3.8) is 0 Å². The van der Waals surface area contributed by atoms with Crippen LogP contribution in [0.4, 0.5) is 0 Å². The van der Waals surface area contributed by atoms with Crippen LogP contribution in [0.25, 0.3) is 0 Å². The molecule has 2 N–H and O–H groups in total. The van der Waals surface area contributed by atoms with Gasteiger partial charge in [-0.1, -0.05) is 30.3 Å². The predicted molar refractivity (Wildman–Crippen MR) is 104 cm³/mol. The molecule has 7 heteroatoms. The number of hydrogen-bond acceptors (Lipinski definition) is 6. The lowest BCUT2D eigenvalue weighted by molar-refractivity contribution is 0.106. The van der Waals surface area contributed by atoms with Gasteiger partial charge in [-0.2, -0.15) is 0 Å². The van der Waals surface area contributed by atoms with Crippen LogP contribution in [0.15, 0.2) is 60.9 Å². The Morgan fingerprint density at radius 2 is 2.00 bits per heavy atom. The van der Waals surface area contributed by atoms with Gasteiger partial charge in [0.15, 0.2) is 11.5 Å². The van der Waals surface area contributed by atoms with E-state index in [0.717, 1.165) is 12.4 Å². The Labute approximate surface area is 163 Å². The van der Waals surface area contributed by atoms with Crippen LogP contribution in [0, 0.1) is 0 Å². The standard InChI is InChI=1S/C21H23N3O4/c25-17(14-26-18-6-7-19-20(10-18)28-15-27-19)11-22-12-21-23-8-9-24(21)13-16-4-2-1-3-5-16/h1-10,17,22,25H,11-15H2. The van der Waals surface area contributed by atoms with Crippen LogP contribution in [-0.4, -0.2) is 40.7 Å². The van der Waals surface area contributed by atoms with Gasteiger partial charge in [-0.25, -0.2) is 4.98 Å². The maximum absolute atomic E-state index is 10.2. The number of aliphatic hydroxyl groups is 1. The second-order valence-electron chi connectivity index (χ2n) is 6.57. The summed E-state index contributed by atoms with van der Waals surface area (Å²) in [5.41, 5.74) is 1.22. The molecule has 4 rings (SSSR count). The van der Waals surface area contributed by atoms with E-state index in [4.69, 9.17) is 14.2 Å². The van der Waals surface area contributed by atoms with Gasteiger partial charge in [0, 0.05) is 31.5 Å². The first-order valence-corrected chi connectivity index (χ1v) is 9.23. The van der Waals surface area contributed by atoms with Crippen molar-refractivity contribution in [2.24, 2.45) is 0 Å². The van der Waals surface area contributed by atoms with Crippen molar-refractivity contribution in [1.29, 1.82) is 0 Å². The Hall–Kier alpha value is -3.03. The van der Waals surface area contributed by atoms with Gasteiger partial charge in [-0.3, -0.25) is 0 Å². The number of aliphatic hydroxyl groups excluding tert-OH is 1. The highest BCUT2D eigenvalue weighted by Gasteiger charge is 2.14. The van der Waals surface area contributed by atoms with E-state index in [1.807, 2.05) is 24.4 Å². The molecule has 7 nitrogen and oxygen atoms in total. The average molecular weight is 381 g/mol. The Kier molecular flexibility index (Phi) is 5.75. The van der Waals surface area contributed by atoms with Gasteiger partial charge >= 0.3 is 0 Å². The summed E-state index contributed by atoms with van der Waals surface area (Å²) in [5, 5.41) is 13.4. The average Bonchev–Trinajstić information content (AvgIpc) is 3.36. The van der Waals surface area contributed by atoms with Crippen LogP contribution >= 0.6 is 0 Å². The van der Waals surface area contributed by atoms with E-state index in [0.29, 0.717) is 30.3 Å². The van der Waals surface area contributed by atoms with Crippen LogP contribution in [0.5, 0.6) is 17.2 Å². The summed E-state index contributed by atoms with van der Waals surface area (Å²) in [5.74, 6) is 2.94. The van der Waals surface area contributed by atoms with E-state index < -0.39 is 6.10 Å². The van der Waals surface area contributed by atoms with Crippen molar-refractivity contribution in [3.8, 4) is 17.2 Å². The number of nitrogens with zero attached hydrogens (tertiary/aromatic N) is 2. The molecule has 1 aromatic heterocycles. The first kappa shape index (κ1) is 18.3. The van der Waals surface area contributed by atoms with Crippen LogP contribution in [-0.2, 0) is 13.1 Å². The van der Waals surface area contributed by atoms with Crippen molar-refractivity contribution in [2.45, 2.75) is 19.2 Å². The van der Waals surface area contributed by atoms with Crippen LogP contribution in [0.1, 0.15) is 11.4 Å². The Balaban J connectivity index is 1.22. The smallest absolute Gasteiger partial charge is 0.231 e. The highest BCUT2D eigenvalue weighted by Crippen LogP contribution is 2.35. The molecule has 1 aliphatic heterocycles. The Bertz CT molecular complexity index is 898. The monoisotopic (exact) mass is 381 g/mol. The van der Waals surface area contributed by atoms with Crippen molar-refractivity contribution >= 4 is 0 Å². The molecule has 0 saturated carbocycles. The summed E-state index contributed by atoms with van der Waals surface area (Å²) in [6.07, 6.45) is 3.12. The maximum Gasteiger partial charge on any atom is 0.231 e. The maximum atomic E-state index is 10.2. The number of hydrogen-bond donors (Lipinski definition) is 2. The number of benzene rings is 2. The zero-order valence-corrected chi connectivity index (χ0v) is 15.5. The SMILES string of the molecule is OC(CNCc1nccn1Cc1ccccc1)COc1ccc2c(c1)OCO2. The molecule has 3 aromatic rings. The molecule has 0 aliphatic carbocycles. The number of fused-ring (bicyclic) bond motifs is 1. The van der Waals surface area contributed by atoms with Gasteiger partial charge in [-0.05, 0) is 17.7 Å². The Morgan fingerprint density at radius 1 is 1.14 bits per heavy atom. The lowest BCUT2D eigenvalue weighted by atomic mass is 10.2. The number of imidazole rings is 1. The summed E-state index contributed by atoms with van der Waals surface area (Å²) in [6.45, 7) is 2.16. The van der Waals surface area contributed by atoms with Crippen molar-refractivity contribution in [3.05, 3.63) is 72.3 Å². The molecule has 0 amide bonds. The van der Waals surface area contributed by atoms with E-state index in [-0.39, 0.29) is 13.4 Å². The minimum atomic E-state index is -0.636. The number of aromatic nitrogens is 2. The first-order valence-electron chi connectivity index (χ1n) is 9.23. The molecule has 0 fully saturated rings. The molecule has 0 radical (unpaired) electrons. The molecule has 1 atom stereocenters. The van der Waals surface area contributed by atoms with E-state index in [2.05, 4.69) is 27.0 Å². The normalized spacial score (nSPS) is 13.5. The minimum Gasteiger partial charge on any atom is -0.491 e. The number of nitrogens with one attached hydrogen (secondary N) is 1. The highest BCUT2D eigenvalue weighted by atomic mass is 16.7. The molecule has 28 heavy (non-hydrogen) atoms. The molecular formula is C21H23N3O4. The predicted octanol–water partition coefficient (Wildman–Crippen LogP) is 2.19. The topological polar surface area (TPSA) is 77.8 Å². The second kappa shape index (κ2) is 8.77. The van der Waals surface area contributed by atoms with E-state index >= 15 is 0 Å². The summed E-state index contributed by atoms with van der Waals surface area (Å²) in [4.78, 5) is 4.40. The molecule has 0 saturated heterocycles. The summed E-state index contributed by atoms with van der Waals surface area (Å²) in [6, 6.07) is 15.6. The highest BCUT2D eigenvalue weighted by molar-refractivity contribution is 5.46. The van der Waals surface area contributed by atoms with Crippen molar-refractivity contribution in [2.75, 3.05) is 19.9 Å². The molecule has 2 heterocycles. The zero-order valence-electron chi connectivity index (χ0n) is 15.5. The third-order valence-corrected chi connectivity index (χ3v) is 4.45. The zero-order chi connectivity index (χ0) is 19.2. The van der Waals surface area contributed by atoms with Gasteiger partial charge in [-0.15, -0.1) is 0 Å². The molecule has 0 spiro atoms. The molecular weight excluding hydrogens is 358 g/mol. The minimum absolute atomic E-state index is 0.186. The summed E-state index contributed by atoms with van der Waals surface area (Å²) >= 11 is 0. The fourth-order valence-electron chi connectivity index (χ4n) is 3.00. The largest absolute Gasteiger partial charge is 0.491 e. The molecule has 0 bridgehead atoms. The summed E-state index contributed by atoms with van der Waals surface area (Å²) in [7, 11) is 0. The van der Waals surface area contributed by atoms with Crippen molar-refractivity contribution < 1.29 is 19.3 Å². The van der Waals surface area contributed by atoms with E-state index in [1.54, 1.807) is 24.4 Å².